The molecule has 0 radical (unpaired) electrons. The second kappa shape index (κ2) is 13.0. The van der Waals surface area contributed by atoms with Gasteiger partial charge in [-0.05, 0) is 54.0 Å². The van der Waals surface area contributed by atoms with Gasteiger partial charge in [-0.25, -0.2) is 9.59 Å². The van der Waals surface area contributed by atoms with E-state index in [0.29, 0.717) is 12.8 Å². The number of benzene rings is 3. The zero-order chi connectivity index (χ0) is 28.8. The quantitative estimate of drug-likeness (QED) is 0.314. The number of carboxylic acid groups (broad SMARTS) is 1. The van der Waals surface area contributed by atoms with Crippen molar-refractivity contribution < 1.29 is 29.0 Å². The Kier molecular flexibility index (Phi) is 8.99. The second-order valence-electron chi connectivity index (χ2n) is 10.9. The number of fused-ring (bicyclic) bond motifs is 3. The SMILES string of the molecule is C[C@H](OCc1ccccc1)[C@@H](NC(=O)[C@@H]1CCC[C@H](NC(=O)OCC2c3ccccc3-c3ccccc32)C1)C(=O)O. The van der Waals surface area contributed by atoms with E-state index < -0.39 is 30.1 Å². The molecule has 0 spiro atoms. The van der Waals surface area contributed by atoms with Crippen LogP contribution in [0.3, 0.4) is 0 Å². The van der Waals surface area contributed by atoms with Gasteiger partial charge in [-0.15, -0.1) is 0 Å². The molecule has 2 aliphatic rings. The molecule has 0 saturated heterocycles. The van der Waals surface area contributed by atoms with E-state index in [1.165, 1.54) is 0 Å². The Morgan fingerprint density at radius 3 is 2.20 bits per heavy atom. The van der Waals surface area contributed by atoms with E-state index in [0.717, 1.165) is 40.7 Å². The van der Waals surface area contributed by atoms with Gasteiger partial charge in [0.25, 0.3) is 0 Å². The van der Waals surface area contributed by atoms with Crippen molar-refractivity contribution in [3.8, 4) is 11.1 Å². The molecular formula is C33H36N2O6. The predicted octanol–water partition coefficient (Wildman–Crippen LogP) is 5.26. The van der Waals surface area contributed by atoms with Crippen LogP contribution in [0.15, 0.2) is 78.9 Å². The van der Waals surface area contributed by atoms with Crippen molar-refractivity contribution in [3.63, 3.8) is 0 Å². The number of hydrogen-bond acceptors (Lipinski definition) is 5. The molecule has 1 saturated carbocycles. The first-order valence-electron chi connectivity index (χ1n) is 14.2. The molecule has 1 fully saturated rings. The third kappa shape index (κ3) is 6.77. The fourth-order valence-corrected chi connectivity index (χ4v) is 5.91. The van der Waals surface area contributed by atoms with Gasteiger partial charge < -0.3 is 25.2 Å². The molecule has 0 bridgehead atoms. The summed E-state index contributed by atoms with van der Waals surface area (Å²) in [6.45, 7) is 2.11. The summed E-state index contributed by atoms with van der Waals surface area (Å²) in [5.41, 5.74) is 5.54. The number of carboxylic acids is 1. The van der Waals surface area contributed by atoms with E-state index in [4.69, 9.17) is 9.47 Å². The Morgan fingerprint density at radius 1 is 0.902 bits per heavy atom. The molecule has 5 rings (SSSR count). The molecule has 0 unspecified atom stereocenters. The number of carbonyl (C=O) groups excluding carboxylic acids is 2. The van der Waals surface area contributed by atoms with Crippen LogP contribution in [0.25, 0.3) is 11.1 Å². The van der Waals surface area contributed by atoms with Crippen molar-refractivity contribution in [2.75, 3.05) is 6.61 Å². The summed E-state index contributed by atoms with van der Waals surface area (Å²) in [5.74, 6) is -1.93. The molecule has 3 N–H and O–H groups in total. The van der Waals surface area contributed by atoms with Crippen molar-refractivity contribution in [1.29, 1.82) is 0 Å². The van der Waals surface area contributed by atoms with Crippen molar-refractivity contribution >= 4 is 18.0 Å². The van der Waals surface area contributed by atoms with Gasteiger partial charge in [0.1, 0.15) is 6.61 Å². The van der Waals surface area contributed by atoms with Crippen LogP contribution < -0.4 is 10.6 Å². The lowest BCUT2D eigenvalue weighted by Gasteiger charge is -2.30. The molecule has 2 amide bonds. The van der Waals surface area contributed by atoms with Gasteiger partial charge in [0, 0.05) is 17.9 Å². The molecule has 0 heterocycles. The number of aliphatic carboxylic acids is 1. The minimum atomic E-state index is -1.18. The third-order valence-corrected chi connectivity index (χ3v) is 8.10. The Bertz CT molecular complexity index is 1330. The maximum atomic E-state index is 13.1. The molecular weight excluding hydrogens is 520 g/mol. The summed E-state index contributed by atoms with van der Waals surface area (Å²) in [5, 5.41) is 15.4. The minimum absolute atomic E-state index is 0.0305. The number of hydrogen-bond donors (Lipinski definition) is 3. The highest BCUT2D eigenvalue weighted by atomic mass is 16.5. The van der Waals surface area contributed by atoms with Crippen LogP contribution in [0.1, 0.15) is 55.2 Å². The zero-order valence-electron chi connectivity index (χ0n) is 23.1. The van der Waals surface area contributed by atoms with Crippen LogP contribution >= 0.6 is 0 Å². The highest BCUT2D eigenvalue weighted by Gasteiger charge is 2.34. The van der Waals surface area contributed by atoms with Gasteiger partial charge in [-0.1, -0.05) is 85.3 Å². The molecule has 0 aliphatic heterocycles. The highest BCUT2D eigenvalue weighted by Crippen LogP contribution is 2.44. The maximum Gasteiger partial charge on any atom is 0.407 e. The second-order valence-corrected chi connectivity index (χ2v) is 10.9. The van der Waals surface area contributed by atoms with Gasteiger partial charge in [0.2, 0.25) is 5.91 Å². The van der Waals surface area contributed by atoms with Crippen molar-refractivity contribution in [1.82, 2.24) is 10.6 Å². The molecule has 41 heavy (non-hydrogen) atoms. The highest BCUT2D eigenvalue weighted by molar-refractivity contribution is 5.85. The lowest BCUT2D eigenvalue weighted by Crippen LogP contribution is -2.51. The van der Waals surface area contributed by atoms with Crippen LogP contribution in [0, 0.1) is 5.92 Å². The van der Waals surface area contributed by atoms with E-state index in [1.807, 2.05) is 54.6 Å². The number of carbonyl (C=O) groups is 3. The van der Waals surface area contributed by atoms with Crippen molar-refractivity contribution in [3.05, 3.63) is 95.6 Å². The van der Waals surface area contributed by atoms with Gasteiger partial charge in [-0.3, -0.25) is 4.79 Å². The fraction of sp³-hybridized carbons (Fsp3) is 0.364. The summed E-state index contributed by atoms with van der Waals surface area (Å²) in [6, 6.07) is 24.4. The van der Waals surface area contributed by atoms with Crippen LogP contribution in [0.2, 0.25) is 0 Å². The molecule has 0 aromatic heterocycles. The van der Waals surface area contributed by atoms with Gasteiger partial charge >= 0.3 is 12.1 Å². The Hall–Kier alpha value is -4.17. The van der Waals surface area contributed by atoms with Crippen molar-refractivity contribution in [2.45, 2.75) is 63.3 Å². The number of nitrogens with one attached hydrogen (secondary N) is 2. The van der Waals surface area contributed by atoms with E-state index in [9.17, 15) is 19.5 Å². The number of amides is 2. The Morgan fingerprint density at radius 2 is 1.54 bits per heavy atom. The minimum Gasteiger partial charge on any atom is -0.480 e. The first-order valence-corrected chi connectivity index (χ1v) is 14.2. The average Bonchev–Trinajstić information content (AvgIpc) is 3.31. The first-order chi connectivity index (χ1) is 19.9. The summed E-state index contributed by atoms with van der Waals surface area (Å²) >= 11 is 0. The number of ether oxygens (including phenoxy) is 2. The number of alkyl carbamates (subject to hydrolysis) is 1. The van der Waals surface area contributed by atoms with Crippen LogP contribution in [0.5, 0.6) is 0 Å². The smallest absolute Gasteiger partial charge is 0.407 e. The first kappa shape index (κ1) is 28.4. The van der Waals surface area contributed by atoms with Crippen LogP contribution in [-0.2, 0) is 25.7 Å². The molecule has 214 valence electrons. The lowest BCUT2D eigenvalue weighted by molar-refractivity contribution is -0.147. The molecule has 2 aliphatic carbocycles. The maximum absolute atomic E-state index is 13.1. The summed E-state index contributed by atoms with van der Waals surface area (Å²) < 4.78 is 11.4. The molecule has 8 heteroatoms. The number of rotatable bonds is 10. The van der Waals surface area contributed by atoms with E-state index >= 15 is 0 Å². The standard InChI is InChI=1S/C33H36N2O6/c1-21(40-19-22-10-3-2-4-11-22)30(32(37)38)35-31(36)23-12-9-13-24(18-23)34-33(39)41-20-29-27-16-7-5-14-25(27)26-15-6-8-17-28(26)29/h2-8,10-11,14-17,21,23-24,29-30H,9,12-13,18-20H2,1H3,(H,34,39)(H,35,36)(H,37,38)/t21-,23+,24-,30+/m0/s1. The topological polar surface area (TPSA) is 114 Å². The summed E-state index contributed by atoms with van der Waals surface area (Å²) in [7, 11) is 0. The summed E-state index contributed by atoms with van der Waals surface area (Å²) in [6.07, 6.45) is 1.28. The molecule has 8 nitrogen and oxygen atoms in total. The van der Waals surface area contributed by atoms with Crippen molar-refractivity contribution in [2.24, 2.45) is 5.92 Å². The monoisotopic (exact) mass is 556 g/mol. The largest absolute Gasteiger partial charge is 0.480 e. The fourth-order valence-electron chi connectivity index (χ4n) is 5.91. The van der Waals surface area contributed by atoms with E-state index in [-0.39, 0.29) is 31.1 Å². The summed E-state index contributed by atoms with van der Waals surface area (Å²) in [4.78, 5) is 37.8. The van der Waals surface area contributed by atoms with Crippen LogP contribution in [-0.4, -0.2) is 47.9 Å². The zero-order valence-corrected chi connectivity index (χ0v) is 23.1. The Labute approximate surface area is 240 Å². The normalized spacial score (nSPS) is 19.3. The predicted molar refractivity (Wildman–Crippen MR) is 154 cm³/mol. The van der Waals surface area contributed by atoms with Gasteiger partial charge in [0.15, 0.2) is 6.04 Å². The van der Waals surface area contributed by atoms with Gasteiger partial charge in [-0.2, -0.15) is 0 Å². The third-order valence-electron chi connectivity index (χ3n) is 8.10. The molecule has 3 aromatic rings. The molecule has 4 atom stereocenters. The van der Waals surface area contributed by atoms with E-state index in [2.05, 4.69) is 34.9 Å². The van der Waals surface area contributed by atoms with Crippen LogP contribution in [0.4, 0.5) is 4.79 Å². The molecule has 3 aromatic carbocycles. The van der Waals surface area contributed by atoms with E-state index in [1.54, 1.807) is 6.92 Å². The average molecular weight is 557 g/mol. The lowest BCUT2D eigenvalue weighted by atomic mass is 9.85. The Balaban J connectivity index is 1.12. The van der Waals surface area contributed by atoms with Gasteiger partial charge in [0.05, 0.1) is 12.7 Å².